The van der Waals surface area contributed by atoms with Crippen molar-refractivity contribution in [2.45, 2.75) is 0 Å². The van der Waals surface area contributed by atoms with Crippen molar-refractivity contribution < 1.29 is 14.3 Å². The number of aromatic nitrogens is 2. The molecular weight excluding hydrogens is 255 g/mol. The molecule has 2 aromatic heterocycles. The van der Waals surface area contributed by atoms with Crippen molar-refractivity contribution in [2.75, 3.05) is 0 Å². The predicted octanol–water partition coefficient (Wildman–Crippen LogP) is 1.93. The highest BCUT2D eigenvalue weighted by Crippen LogP contribution is 2.16. The van der Waals surface area contributed by atoms with Gasteiger partial charge in [-0.15, -0.1) is 0 Å². The summed E-state index contributed by atoms with van der Waals surface area (Å²) in [6.07, 6.45) is 2.60. The van der Waals surface area contributed by atoms with E-state index in [1.54, 1.807) is 0 Å². The first-order chi connectivity index (χ1) is 6.59. The van der Waals surface area contributed by atoms with Gasteiger partial charge in [-0.3, -0.25) is 4.40 Å². The minimum atomic E-state index is -1.09. The molecule has 0 spiro atoms. The van der Waals surface area contributed by atoms with Gasteiger partial charge in [-0.1, -0.05) is 0 Å². The van der Waals surface area contributed by atoms with Crippen LogP contribution in [0, 0.1) is 5.95 Å². The van der Waals surface area contributed by atoms with E-state index in [2.05, 4.69) is 20.9 Å². The van der Waals surface area contributed by atoms with Gasteiger partial charge < -0.3 is 5.11 Å². The van der Waals surface area contributed by atoms with E-state index in [0.29, 0.717) is 5.52 Å². The van der Waals surface area contributed by atoms with Gasteiger partial charge in [-0.25, -0.2) is 9.78 Å². The third kappa shape index (κ3) is 1.27. The molecule has 0 saturated carbocycles. The number of hydrogen-bond acceptors (Lipinski definition) is 2. The van der Waals surface area contributed by atoms with E-state index in [9.17, 15) is 9.18 Å². The summed E-state index contributed by atoms with van der Waals surface area (Å²) in [7, 11) is 0. The lowest BCUT2D eigenvalue weighted by molar-refractivity contribution is 0.0697. The average molecular weight is 259 g/mol. The van der Waals surface area contributed by atoms with Crippen LogP contribution in [0.2, 0.25) is 0 Å². The summed E-state index contributed by atoms with van der Waals surface area (Å²) in [5.41, 5.74) is 0.437. The zero-order valence-corrected chi connectivity index (χ0v) is 8.32. The number of rotatable bonds is 1. The number of carbonyl (C=O) groups is 1. The number of fused-ring (bicyclic) bond motifs is 1. The number of nitrogens with zero attached hydrogens (tertiary/aromatic N) is 2. The number of carboxylic acid groups (broad SMARTS) is 1. The third-order valence-corrected chi connectivity index (χ3v) is 2.32. The Balaban J connectivity index is 2.77. The molecule has 1 N–H and O–H groups in total. The smallest absolute Gasteiger partial charge is 0.337 e. The first-order valence-electron chi connectivity index (χ1n) is 3.65. The maximum absolute atomic E-state index is 13.3. The lowest BCUT2D eigenvalue weighted by Crippen LogP contribution is -1.95. The minimum Gasteiger partial charge on any atom is -0.478 e. The Morgan fingerprint density at radius 2 is 2.36 bits per heavy atom. The van der Waals surface area contributed by atoms with Crippen LogP contribution in [-0.4, -0.2) is 20.5 Å². The summed E-state index contributed by atoms with van der Waals surface area (Å²) in [6, 6.07) is 1.35. The fourth-order valence-electron chi connectivity index (χ4n) is 1.14. The predicted molar refractivity (Wildman–Crippen MR) is 49.8 cm³/mol. The Bertz CT molecular complexity index is 523. The SMILES string of the molecule is O=C(O)c1cc2cnc(Br)c(F)n2c1. The summed E-state index contributed by atoms with van der Waals surface area (Å²) in [6.45, 7) is 0. The Labute approximate surface area is 86.1 Å². The van der Waals surface area contributed by atoms with Crippen LogP contribution in [0.15, 0.2) is 23.1 Å². The number of halogens is 2. The summed E-state index contributed by atoms with van der Waals surface area (Å²) in [5, 5.41) is 8.68. The molecule has 72 valence electrons. The van der Waals surface area contributed by atoms with Gasteiger partial charge in [0.2, 0.25) is 5.95 Å². The summed E-state index contributed by atoms with van der Waals surface area (Å²) < 4.78 is 14.5. The van der Waals surface area contributed by atoms with Crippen molar-refractivity contribution in [3.8, 4) is 0 Å². The van der Waals surface area contributed by atoms with E-state index in [1.807, 2.05) is 0 Å². The standard InChI is InChI=1S/C8H4BrFN2O2/c9-6-7(10)12-3-4(8(13)14)1-5(12)2-11-6/h1-3H,(H,13,14). The van der Waals surface area contributed by atoms with Crippen molar-refractivity contribution >= 4 is 27.4 Å². The second kappa shape index (κ2) is 3.06. The number of hydrogen-bond donors (Lipinski definition) is 1. The summed E-state index contributed by atoms with van der Waals surface area (Å²) in [5.74, 6) is -1.71. The fourth-order valence-corrected chi connectivity index (χ4v) is 1.44. The van der Waals surface area contributed by atoms with Crippen LogP contribution in [0.5, 0.6) is 0 Å². The summed E-state index contributed by atoms with van der Waals surface area (Å²) >= 11 is 2.91. The minimum absolute atomic E-state index is 0.0313. The fraction of sp³-hybridized carbons (Fsp3) is 0. The molecule has 0 aliphatic rings. The molecular formula is C8H4BrFN2O2. The maximum atomic E-state index is 13.3. The van der Waals surface area contributed by atoms with Crippen molar-refractivity contribution in [1.29, 1.82) is 0 Å². The highest BCUT2D eigenvalue weighted by molar-refractivity contribution is 9.10. The molecule has 0 unspecified atom stereocenters. The van der Waals surface area contributed by atoms with E-state index < -0.39 is 11.9 Å². The zero-order chi connectivity index (χ0) is 10.3. The number of carboxylic acids is 1. The van der Waals surface area contributed by atoms with Gasteiger partial charge in [0.25, 0.3) is 0 Å². The van der Waals surface area contributed by atoms with Gasteiger partial charge in [-0.2, -0.15) is 4.39 Å². The molecule has 2 heterocycles. The molecule has 0 fully saturated rings. The van der Waals surface area contributed by atoms with Crippen LogP contribution in [0.3, 0.4) is 0 Å². The highest BCUT2D eigenvalue weighted by Gasteiger charge is 2.11. The molecule has 0 aromatic carbocycles. The van der Waals surface area contributed by atoms with Gasteiger partial charge in [0.1, 0.15) is 0 Å². The Morgan fingerprint density at radius 3 is 3.00 bits per heavy atom. The molecule has 2 rings (SSSR count). The molecule has 0 saturated heterocycles. The highest BCUT2D eigenvalue weighted by atomic mass is 79.9. The van der Waals surface area contributed by atoms with E-state index in [4.69, 9.17) is 5.11 Å². The van der Waals surface area contributed by atoms with E-state index in [1.165, 1.54) is 18.5 Å². The van der Waals surface area contributed by atoms with Crippen molar-refractivity contribution in [3.05, 3.63) is 34.6 Å². The first kappa shape index (κ1) is 9.14. The molecule has 0 radical (unpaired) electrons. The molecule has 14 heavy (non-hydrogen) atoms. The monoisotopic (exact) mass is 258 g/mol. The molecule has 0 aliphatic heterocycles. The maximum Gasteiger partial charge on any atom is 0.337 e. The topological polar surface area (TPSA) is 54.6 Å². The molecule has 0 atom stereocenters. The van der Waals surface area contributed by atoms with Crippen LogP contribution in [0.25, 0.3) is 5.52 Å². The summed E-state index contributed by atoms with van der Waals surface area (Å²) in [4.78, 5) is 14.3. The largest absolute Gasteiger partial charge is 0.478 e. The average Bonchev–Trinajstić information content (AvgIpc) is 2.56. The van der Waals surface area contributed by atoms with Gasteiger partial charge in [0.05, 0.1) is 17.3 Å². The molecule has 0 aliphatic carbocycles. The van der Waals surface area contributed by atoms with Gasteiger partial charge >= 0.3 is 5.97 Å². The third-order valence-electron chi connectivity index (χ3n) is 1.79. The van der Waals surface area contributed by atoms with E-state index in [0.717, 1.165) is 4.40 Å². The van der Waals surface area contributed by atoms with Crippen molar-refractivity contribution in [3.63, 3.8) is 0 Å². The quantitative estimate of drug-likeness (QED) is 0.851. The van der Waals surface area contributed by atoms with Crippen molar-refractivity contribution in [2.24, 2.45) is 0 Å². The molecule has 0 amide bonds. The second-order valence-electron chi connectivity index (χ2n) is 2.67. The van der Waals surface area contributed by atoms with Crippen LogP contribution >= 0.6 is 15.9 Å². The second-order valence-corrected chi connectivity index (χ2v) is 3.42. The Morgan fingerprint density at radius 1 is 1.64 bits per heavy atom. The van der Waals surface area contributed by atoms with Crippen LogP contribution in [0.1, 0.15) is 10.4 Å². The number of aromatic carboxylic acids is 1. The normalized spacial score (nSPS) is 10.7. The Kier molecular flexibility index (Phi) is 1.99. The van der Waals surface area contributed by atoms with Gasteiger partial charge in [0.15, 0.2) is 4.60 Å². The molecule has 2 aromatic rings. The molecule has 0 bridgehead atoms. The van der Waals surface area contributed by atoms with Crippen LogP contribution < -0.4 is 0 Å². The Hall–Kier alpha value is -1.43. The zero-order valence-electron chi connectivity index (χ0n) is 6.74. The van der Waals surface area contributed by atoms with E-state index >= 15 is 0 Å². The van der Waals surface area contributed by atoms with Crippen LogP contribution in [-0.2, 0) is 0 Å². The van der Waals surface area contributed by atoms with Crippen molar-refractivity contribution in [1.82, 2.24) is 9.38 Å². The van der Waals surface area contributed by atoms with Gasteiger partial charge in [0, 0.05) is 6.20 Å². The molecule has 6 heteroatoms. The lowest BCUT2D eigenvalue weighted by Gasteiger charge is -1.97. The van der Waals surface area contributed by atoms with Gasteiger partial charge in [-0.05, 0) is 22.0 Å². The van der Waals surface area contributed by atoms with E-state index in [-0.39, 0.29) is 10.2 Å². The first-order valence-corrected chi connectivity index (χ1v) is 4.44. The molecule has 4 nitrogen and oxygen atoms in total. The lowest BCUT2D eigenvalue weighted by atomic mass is 10.3. The van der Waals surface area contributed by atoms with Crippen LogP contribution in [0.4, 0.5) is 4.39 Å².